The molecule has 3 nitrogen and oxygen atoms in total. The van der Waals surface area contributed by atoms with E-state index in [1.165, 1.54) is 112 Å². The molecular weight excluding hydrogens is 848 g/mol. The molecule has 0 radical (unpaired) electrons. The summed E-state index contributed by atoms with van der Waals surface area (Å²) in [4.78, 5) is 5.29. The van der Waals surface area contributed by atoms with Gasteiger partial charge in [-0.3, -0.25) is 0 Å². The number of rotatable bonds is 4. The van der Waals surface area contributed by atoms with Gasteiger partial charge >= 0.3 is 6.85 Å². The van der Waals surface area contributed by atoms with Gasteiger partial charge in [0.1, 0.15) is 11.2 Å². The minimum atomic E-state index is -0.267. The van der Waals surface area contributed by atoms with E-state index in [-0.39, 0.29) is 28.5 Å². The van der Waals surface area contributed by atoms with Crippen LogP contribution in [0.1, 0.15) is 114 Å². The van der Waals surface area contributed by atoms with Crippen LogP contribution in [0, 0.1) is 13.8 Å². The number of anilines is 5. The summed E-state index contributed by atoms with van der Waals surface area (Å²) in [6.45, 7) is 23.9. The zero-order valence-corrected chi connectivity index (χ0v) is 42.6. The SMILES string of the molecule is Cc1ccccc1-c1cc2c3c(c1)N(c1cc4c(cc1C)C(C)(C)CCC4(C)C)c1c(oc4cc5c(cc14)C(C)(C)CCC5(C)C)B3N(c1ccc(-c3ccccc3)cc1)c1ccc3ccccc3c1-2. The van der Waals surface area contributed by atoms with Crippen LogP contribution in [0.5, 0.6) is 0 Å². The first-order chi connectivity index (χ1) is 33.5. The van der Waals surface area contributed by atoms with Gasteiger partial charge in [-0.1, -0.05) is 159 Å². The Morgan fingerprint density at radius 2 is 1.06 bits per heavy atom. The zero-order valence-electron chi connectivity index (χ0n) is 42.6. The Kier molecular flexibility index (Phi) is 9.19. The van der Waals surface area contributed by atoms with Crippen molar-refractivity contribution < 1.29 is 4.42 Å². The smallest absolute Gasteiger partial charge is 0.375 e. The van der Waals surface area contributed by atoms with Crippen LogP contribution < -0.4 is 20.8 Å². The number of hydrogen-bond donors (Lipinski definition) is 0. The second-order valence-corrected chi connectivity index (χ2v) is 23.9. The second kappa shape index (κ2) is 14.9. The molecule has 0 amide bonds. The number of fused-ring (bicyclic) bond motifs is 10. The molecule has 4 heteroatoms. The third-order valence-corrected chi connectivity index (χ3v) is 17.6. The molecule has 2 aliphatic heterocycles. The predicted molar refractivity (Wildman–Crippen MR) is 298 cm³/mol. The van der Waals surface area contributed by atoms with Crippen LogP contribution >= 0.6 is 0 Å². The Labute approximate surface area is 415 Å². The first kappa shape index (κ1) is 43.3. The molecular formula is C66H63BN2O. The van der Waals surface area contributed by atoms with Gasteiger partial charge in [-0.15, -0.1) is 0 Å². The minimum absolute atomic E-state index is 0.0144. The summed E-state index contributed by atoms with van der Waals surface area (Å²) in [6.07, 6.45) is 4.60. The molecule has 13 rings (SSSR count). The van der Waals surface area contributed by atoms with E-state index in [1.807, 2.05) is 0 Å². The summed E-state index contributed by atoms with van der Waals surface area (Å²) >= 11 is 0. The summed E-state index contributed by atoms with van der Waals surface area (Å²) in [5, 5.41) is 3.67. The van der Waals surface area contributed by atoms with E-state index < -0.39 is 0 Å². The molecule has 9 aromatic rings. The highest BCUT2D eigenvalue weighted by atomic mass is 16.3. The molecule has 346 valence electrons. The van der Waals surface area contributed by atoms with Gasteiger partial charge < -0.3 is 14.1 Å². The molecule has 0 unspecified atom stereocenters. The first-order valence-electron chi connectivity index (χ1n) is 25.8. The molecule has 1 aromatic heterocycles. The van der Waals surface area contributed by atoms with Crippen molar-refractivity contribution in [2.24, 2.45) is 0 Å². The Balaban J connectivity index is 1.19. The fraction of sp³-hybridized carbons (Fsp3) is 0.273. The van der Waals surface area contributed by atoms with E-state index >= 15 is 0 Å². The molecule has 3 heterocycles. The van der Waals surface area contributed by atoms with Crippen molar-refractivity contribution in [2.75, 3.05) is 9.71 Å². The van der Waals surface area contributed by atoms with Crippen molar-refractivity contribution in [2.45, 2.75) is 117 Å². The third-order valence-electron chi connectivity index (χ3n) is 17.6. The van der Waals surface area contributed by atoms with Crippen LogP contribution in [0.2, 0.25) is 0 Å². The van der Waals surface area contributed by atoms with Crippen molar-refractivity contribution in [1.82, 2.24) is 0 Å². The summed E-state index contributed by atoms with van der Waals surface area (Å²) in [7, 11) is 0. The fourth-order valence-corrected chi connectivity index (χ4v) is 13.3. The van der Waals surface area contributed by atoms with E-state index in [4.69, 9.17) is 4.42 Å². The lowest BCUT2D eigenvalue weighted by Gasteiger charge is -2.46. The highest BCUT2D eigenvalue weighted by Crippen LogP contribution is 2.56. The highest BCUT2D eigenvalue weighted by molar-refractivity contribution is 6.93. The van der Waals surface area contributed by atoms with E-state index in [0.29, 0.717) is 0 Å². The number of furan rings is 1. The molecule has 8 aromatic carbocycles. The maximum atomic E-state index is 7.74. The van der Waals surface area contributed by atoms with E-state index in [9.17, 15) is 0 Å². The van der Waals surface area contributed by atoms with Crippen molar-refractivity contribution in [1.29, 1.82) is 0 Å². The normalized spacial score (nSPS) is 17.7. The maximum absolute atomic E-state index is 7.74. The maximum Gasteiger partial charge on any atom is 0.375 e. The summed E-state index contributed by atoms with van der Waals surface area (Å²) in [6, 6.07) is 57.8. The van der Waals surface area contributed by atoms with Gasteiger partial charge in [-0.05, 0) is 187 Å². The molecule has 2 aliphatic carbocycles. The minimum Gasteiger partial charge on any atom is -0.466 e. The monoisotopic (exact) mass is 911 g/mol. The molecule has 0 spiro atoms. The van der Waals surface area contributed by atoms with Gasteiger partial charge in [0.25, 0.3) is 0 Å². The average molecular weight is 911 g/mol. The Bertz CT molecular complexity index is 3650. The highest BCUT2D eigenvalue weighted by Gasteiger charge is 2.50. The van der Waals surface area contributed by atoms with E-state index in [0.717, 1.165) is 41.9 Å². The molecule has 0 saturated carbocycles. The zero-order chi connectivity index (χ0) is 48.2. The van der Waals surface area contributed by atoms with Crippen molar-refractivity contribution in [3.05, 3.63) is 185 Å². The van der Waals surface area contributed by atoms with Gasteiger partial charge in [-0.2, -0.15) is 0 Å². The van der Waals surface area contributed by atoms with Gasteiger partial charge in [-0.25, -0.2) is 0 Å². The predicted octanol–water partition coefficient (Wildman–Crippen LogP) is 16.9. The van der Waals surface area contributed by atoms with Gasteiger partial charge in [0.2, 0.25) is 0 Å². The number of benzene rings is 8. The van der Waals surface area contributed by atoms with Gasteiger partial charge in [0.15, 0.2) is 0 Å². The van der Waals surface area contributed by atoms with Crippen LogP contribution in [0.3, 0.4) is 0 Å². The number of hydrogen-bond acceptors (Lipinski definition) is 3. The summed E-state index contributed by atoms with van der Waals surface area (Å²) in [5.74, 6) is 0. The van der Waals surface area contributed by atoms with Crippen molar-refractivity contribution in [3.8, 4) is 33.4 Å². The van der Waals surface area contributed by atoms with Gasteiger partial charge in [0.05, 0.1) is 5.69 Å². The topological polar surface area (TPSA) is 19.6 Å². The van der Waals surface area contributed by atoms with Crippen LogP contribution in [-0.4, -0.2) is 6.85 Å². The Morgan fingerprint density at radius 1 is 0.457 bits per heavy atom. The lowest BCUT2D eigenvalue weighted by Crippen LogP contribution is -2.61. The van der Waals surface area contributed by atoms with Crippen molar-refractivity contribution in [3.63, 3.8) is 0 Å². The summed E-state index contributed by atoms with van der Waals surface area (Å²) in [5.41, 5.74) is 25.1. The van der Waals surface area contributed by atoms with Crippen molar-refractivity contribution >= 4 is 68.1 Å². The molecule has 0 N–H and O–H groups in total. The van der Waals surface area contributed by atoms with Gasteiger partial charge in [0, 0.05) is 33.7 Å². The molecule has 0 atom stereocenters. The number of nitrogens with zero attached hydrogens (tertiary/aromatic N) is 2. The van der Waals surface area contributed by atoms with Crippen LogP contribution in [-0.2, 0) is 21.7 Å². The molecule has 0 fully saturated rings. The standard InChI is InChI=1S/C66H63BN2O/c1-40-18-14-16-22-47(40)45-35-50-59-48-23-17-15-21-44(48)26-29-55(59)69(46-27-24-43(25-28-46)42-19-12-11-13-20-42)67-60(50)57(36-45)68(56-38-53-51(34-41(56)2)63(3,4)30-32-65(53,7)8)61-49-37-52-54(39-58(49)70-62(61)67)66(9,10)33-31-64(52,5)6/h11-29,34-39H,30-33H2,1-10H3. The Morgan fingerprint density at radius 3 is 1.76 bits per heavy atom. The molecule has 0 bridgehead atoms. The lowest BCUT2D eigenvalue weighted by atomic mass is 9.45. The van der Waals surface area contributed by atoms with E-state index in [2.05, 4.69) is 231 Å². The quantitative estimate of drug-likeness (QED) is 0.164. The third kappa shape index (κ3) is 6.27. The molecule has 0 saturated heterocycles. The number of aryl methyl sites for hydroxylation is 2. The second-order valence-electron chi connectivity index (χ2n) is 23.9. The summed E-state index contributed by atoms with van der Waals surface area (Å²) < 4.78 is 7.74. The average Bonchev–Trinajstić information content (AvgIpc) is 3.73. The molecule has 70 heavy (non-hydrogen) atoms. The van der Waals surface area contributed by atoms with Crippen LogP contribution in [0.15, 0.2) is 156 Å². The fourth-order valence-electron chi connectivity index (χ4n) is 13.3. The van der Waals surface area contributed by atoms with E-state index in [1.54, 1.807) is 0 Å². The Hall–Kier alpha value is -6.78. The van der Waals surface area contributed by atoms with Crippen LogP contribution in [0.4, 0.5) is 28.4 Å². The largest absolute Gasteiger partial charge is 0.466 e. The lowest BCUT2D eigenvalue weighted by molar-refractivity contribution is 0.332. The molecule has 4 aliphatic rings. The first-order valence-corrected chi connectivity index (χ1v) is 25.8. The van der Waals surface area contributed by atoms with Crippen LogP contribution in [0.25, 0.3) is 55.1 Å².